The molecular formula is C14H16BrNO4S. The summed E-state index contributed by atoms with van der Waals surface area (Å²) < 4.78 is 13.0. The second-order valence-corrected chi connectivity index (χ2v) is 7.31. The number of aliphatic carboxylic acids is 1. The van der Waals surface area contributed by atoms with E-state index in [4.69, 9.17) is 5.11 Å². The average molecular weight is 374 g/mol. The second kappa shape index (κ2) is 7.17. The lowest BCUT2D eigenvalue weighted by atomic mass is 9.97. The number of carboxylic acid groups (broad SMARTS) is 1. The van der Waals surface area contributed by atoms with Crippen LogP contribution in [0.3, 0.4) is 0 Å². The standard InChI is InChI=1S/C14H16BrNO4S/c15-11-2-1-3-12(8-11)21(20)9-13(17)16-6-4-10(5-7-16)14(18)19/h1-3,8,10H,4-7,9H2,(H,18,19). The molecule has 1 unspecified atom stereocenters. The Labute approximate surface area is 133 Å². The van der Waals surface area contributed by atoms with Crippen LogP contribution in [0.25, 0.3) is 0 Å². The molecule has 0 radical (unpaired) electrons. The normalized spacial score (nSPS) is 17.5. The number of hydrogen-bond acceptors (Lipinski definition) is 3. The Kier molecular flexibility index (Phi) is 5.52. The molecule has 1 aliphatic heterocycles. The third-order valence-corrected chi connectivity index (χ3v) is 5.29. The topological polar surface area (TPSA) is 74.7 Å². The number of piperidine rings is 1. The van der Waals surface area contributed by atoms with Gasteiger partial charge in [-0.15, -0.1) is 0 Å². The Hall–Kier alpha value is -1.21. The predicted molar refractivity (Wildman–Crippen MR) is 82.4 cm³/mol. The van der Waals surface area contributed by atoms with Gasteiger partial charge in [0.05, 0.1) is 16.7 Å². The Balaban J connectivity index is 1.90. The van der Waals surface area contributed by atoms with Gasteiger partial charge in [0.1, 0.15) is 5.75 Å². The first-order valence-electron chi connectivity index (χ1n) is 6.62. The fourth-order valence-corrected chi connectivity index (χ4v) is 3.88. The summed E-state index contributed by atoms with van der Waals surface area (Å²) in [5.41, 5.74) is 0. The summed E-state index contributed by atoms with van der Waals surface area (Å²) in [4.78, 5) is 25.2. The zero-order valence-corrected chi connectivity index (χ0v) is 13.7. The van der Waals surface area contributed by atoms with Gasteiger partial charge in [0.2, 0.25) is 5.91 Å². The van der Waals surface area contributed by atoms with Gasteiger partial charge in [-0.25, -0.2) is 0 Å². The van der Waals surface area contributed by atoms with E-state index >= 15 is 0 Å². The van der Waals surface area contributed by atoms with Crippen molar-refractivity contribution in [1.29, 1.82) is 0 Å². The Morgan fingerprint density at radius 2 is 2.00 bits per heavy atom. The summed E-state index contributed by atoms with van der Waals surface area (Å²) in [6.45, 7) is 0.844. The van der Waals surface area contributed by atoms with Gasteiger partial charge in [-0.1, -0.05) is 22.0 Å². The number of nitrogens with zero attached hydrogens (tertiary/aromatic N) is 1. The molecule has 7 heteroatoms. The highest BCUT2D eigenvalue weighted by molar-refractivity contribution is 9.10. The van der Waals surface area contributed by atoms with Crippen LogP contribution in [-0.4, -0.2) is 44.9 Å². The fraction of sp³-hybridized carbons (Fsp3) is 0.429. The van der Waals surface area contributed by atoms with E-state index in [1.165, 1.54) is 0 Å². The molecule has 2 rings (SSSR count). The minimum absolute atomic E-state index is 0.0613. The van der Waals surface area contributed by atoms with Gasteiger partial charge >= 0.3 is 5.97 Å². The van der Waals surface area contributed by atoms with E-state index in [0.717, 1.165) is 4.47 Å². The van der Waals surface area contributed by atoms with E-state index in [1.807, 2.05) is 6.07 Å². The van der Waals surface area contributed by atoms with Crippen molar-refractivity contribution in [2.45, 2.75) is 17.7 Å². The van der Waals surface area contributed by atoms with E-state index in [2.05, 4.69) is 15.9 Å². The number of hydrogen-bond donors (Lipinski definition) is 1. The minimum atomic E-state index is -1.38. The van der Waals surface area contributed by atoms with Gasteiger partial charge in [-0.2, -0.15) is 0 Å². The molecule has 1 N–H and O–H groups in total. The van der Waals surface area contributed by atoms with Crippen molar-refractivity contribution in [3.8, 4) is 0 Å². The third kappa shape index (κ3) is 4.38. The van der Waals surface area contributed by atoms with E-state index in [1.54, 1.807) is 23.1 Å². The summed E-state index contributed by atoms with van der Waals surface area (Å²) in [6, 6.07) is 7.07. The van der Waals surface area contributed by atoms with Crippen molar-refractivity contribution in [2.24, 2.45) is 5.92 Å². The van der Waals surface area contributed by atoms with Gasteiger partial charge in [-0.3, -0.25) is 13.8 Å². The average Bonchev–Trinajstić information content (AvgIpc) is 2.47. The first-order valence-corrected chi connectivity index (χ1v) is 8.73. The zero-order chi connectivity index (χ0) is 15.4. The predicted octanol–water partition coefficient (Wildman–Crippen LogP) is 1.88. The molecule has 1 heterocycles. The summed E-state index contributed by atoms with van der Waals surface area (Å²) >= 11 is 3.31. The van der Waals surface area contributed by atoms with Crippen LogP contribution in [0.5, 0.6) is 0 Å². The van der Waals surface area contributed by atoms with Crippen LogP contribution >= 0.6 is 15.9 Å². The highest BCUT2D eigenvalue weighted by Crippen LogP contribution is 2.19. The smallest absolute Gasteiger partial charge is 0.306 e. The Morgan fingerprint density at radius 3 is 2.57 bits per heavy atom. The van der Waals surface area contributed by atoms with E-state index in [9.17, 15) is 13.8 Å². The van der Waals surface area contributed by atoms with Gasteiger partial charge < -0.3 is 10.0 Å². The maximum atomic E-state index is 12.2. The molecule has 0 bridgehead atoms. The number of rotatable bonds is 4. The van der Waals surface area contributed by atoms with Gasteiger partial charge in [0.25, 0.3) is 0 Å². The molecule has 0 aliphatic carbocycles. The van der Waals surface area contributed by atoms with Crippen molar-refractivity contribution < 1.29 is 18.9 Å². The first kappa shape index (κ1) is 16.2. The fourth-order valence-electron chi connectivity index (χ4n) is 2.27. The molecule has 1 amide bonds. The molecule has 114 valence electrons. The summed E-state index contributed by atoms with van der Waals surface area (Å²) in [5.74, 6) is -1.42. The molecule has 0 saturated carbocycles. The lowest BCUT2D eigenvalue weighted by Crippen LogP contribution is -2.42. The van der Waals surface area contributed by atoms with Crippen molar-refractivity contribution in [3.05, 3.63) is 28.7 Å². The van der Waals surface area contributed by atoms with E-state index in [0.29, 0.717) is 30.8 Å². The van der Waals surface area contributed by atoms with Crippen LogP contribution in [0.15, 0.2) is 33.6 Å². The molecule has 5 nitrogen and oxygen atoms in total. The van der Waals surface area contributed by atoms with Gasteiger partial charge in [-0.05, 0) is 31.0 Å². The number of amides is 1. The summed E-state index contributed by atoms with van der Waals surface area (Å²) in [7, 11) is -1.38. The molecule has 0 spiro atoms. The van der Waals surface area contributed by atoms with Crippen molar-refractivity contribution >= 4 is 38.6 Å². The number of carbonyl (C=O) groups excluding carboxylic acids is 1. The van der Waals surface area contributed by atoms with Crippen LogP contribution in [0.1, 0.15) is 12.8 Å². The molecule has 1 aromatic carbocycles. The van der Waals surface area contributed by atoms with Gasteiger partial charge in [0.15, 0.2) is 0 Å². The first-order chi connectivity index (χ1) is 9.97. The molecule has 1 fully saturated rings. The van der Waals surface area contributed by atoms with Crippen LogP contribution in [0, 0.1) is 5.92 Å². The van der Waals surface area contributed by atoms with Crippen LogP contribution in [0.4, 0.5) is 0 Å². The van der Waals surface area contributed by atoms with Crippen LogP contribution in [-0.2, 0) is 20.4 Å². The number of carboxylic acids is 1. The SMILES string of the molecule is O=C(O)C1CCN(C(=O)CS(=O)c2cccc(Br)c2)CC1. The number of halogens is 1. The van der Waals surface area contributed by atoms with E-state index in [-0.39, 0.29) is 17.6 Å². The summed E-state index contributed by atoms with van der Waals surface area (Å²) in [6.07, 6.45) is 0.926. The lowest BCUT2D eigenvalue weighted by molar-refractivity contribution is -0.145. The molecule has 0 aromatic heterocycles. The highest BCUT2D eigenvalue weighted by atomic mass is 79.9. The molecule has 21 heavy (non-hydrogen) atoms. The van der Waals surface area contributed by atoms with Gasteiger partial charge in [0, 0.05) is 22.5 Å². The number of benzene rings is 1. The molecular weight excluding hydrogens is 358 g/mol. The van der Waals surface area contributed by atoms with Crippen molar-refractivity contribution in [3.63, 3.8) is 0 Å². The molecule has 1 saturated heterocycles. The maximum absolute atomic E-state index is 12.2. The monoisotopic (exact) mass is 373 g/mol. The molecule has 1 aromatic rings. The maximum Gasteiger partial charge on any atom is 0.306 e. The van der Waals surface area contributed by atoms with Crippen LogP contribution < -0.4 is 0 Å². The third-order valence-electron chi connectivity index (χ3n) is 3.51. The largest absolute Gasteiger partial charge is 0.481 e. The van der Waals surface area contributed by atoms with E-state index < -0.39 is 16.8 Å². The lowest BCUT2D eigenvalue weighted by Gasteiger charge is -2.30. The van der Waals surface area contributed by atoms with Crippen LogP contribution in [0.2, 0.25) is 0 Å². The summed E-state index contributed by atoms with van der Waals surface area (Å²) in [5, 5.41) is 8.93. The second-order valence-electron chi connectivity index (χ2n) is 4.94. The minimum Gasteiger partial charge on any atom is -0.481 e. The van der Waals surface area contributed by atoms with Crippen molar-refractivity contribution in [1.82, 2.24) is 4.90 Å². The molecule has 1 atom stereocenters. The molecule has 1 aliphatic rings. The van der Waals surface area contributed by atoms with Crippen molar-refractivity contribution in [2.75, 3.05) is 18.8 Å². The highest BCUT2D eigenvalue weighted by Gasteiger charge is 2.27. The quantitative estimate of drug-likeness (QED) is 0.874. The zero-order valence-electron chi connectivity index (χ0n) is 11.3. The Morgan fingerprint density at radius 1 is 1.33 bits per heavy atom. The number of likely N-dealkylation sites (tertiary alicyclic amines) is 1. The number of carbonyl (C=O) groups is 2. The Bertz CT molecular complexity index is 570.